The van der Waals surface area contributed by atoms with E-state index in [1.54, 1.807) is 0 Å². The van der Waals surface area contributed by atoms with Gasteiger partial charge in [0, 0.05) is 12.7 Å². The van der Waals surface area contributed by atoms with E-state index in [2.05, 4.69) is 133 Å². The smallest absolute Gasteiger partial charge is 0.261 e. The Kier molecular flexibility index (Phi) is 9.34. The Balaban J connectivity index is 1.53. The van der Waals surface area contributed by atoms with Gasteiger partial charge in [0.1, 0.15) is 0 Å². The largest absolute Gasteiger partial charge is 0.404 e. The summed E-state index contributed by atoms with van der Waals surface area (Å²) in [5.41, 5.74) is 1.49. The second-order valence-electron chi connectivity index (χ2n) is 12.9. The molecule has 3 aromatic rings. The molecule has 1 aliphatic rings. The number of benzene rings is 3. The molecule has 0 aromatic heterocycles. The molecule has 0 aliphatic heterocycles. The molecule has 3 aromatic carbocycles. The third kappa shape index (κ3) is 6.33. The molecular formula is C35H48O2Si. The van der Waals surface area contributed by atoms with Crippen LogP contribution in [0, 0.1) is 17.3 Å². The van der Waals surface area contributed by atoms with Gasteiger partial charge in [-0.2, -0.15) is 0 Å². The van der Waals surface area contributed by atoms with Gasteiger partial charge in [0.2, 0.25) is 0 Å². The molecule has 1 fully saturated rings. The Morgan fingerprint density at radius 1 is 0.842 bits per heavy atom. The third-order valence-electron chi connectivity index (χ3n) is 9.17. The fraction of sp³-hybridized carbons (Fsp3) is 0.486. The first-order chi connectivity index (χ1) is 18.2. The van der Waals surface area contributed by atoms with Crippen molar-refractivity contribution in [3.05, 3.63) is 96.6 Å². The maximum absolute atomic E-state index is 7.59. The highest BCUT2D eigenvalue weighted by Gasteiger charge is 2.52. The van der Waals surface area contributed by atoms with Gasteiger partial charge in [-0.05, 0) is 57.5 Å². The molecule has 2 nitrogen and oxygen atoms in total. The van der Waals surface area contributed by atoms with Crippen molar-refractivity contribution in [3.8, 4) is 0 Å². The Labute approximate surface area is 232 Å². The first-order valence-electron chi connectivity index (χ1n) is 14.6. The Morgan fingerprint density at radius 3 is 1.89 bits per heavy atom. The average molecular weight is 529 g/mol. The van der Waals surface area contributed by atoms with Crippen LogP contribution in [0.3, 0.4) is 0 Å². The fourth-order valence-electron chi connectivity index (χ4n) is 6.68. The summed E-state index contributed by atoms with van der Waals surface area (Å²) in [6, 6.07) is 32.7. The van der Waals surface area contributed by atoms with E-state index in [4.69, 9.17) is 9.16 Å². The van der Waals surface area contributed by atoms with Gasteiger partial charge in [0.15, 0.2) is 0 Å². The summed E-state index contributed by atoms with van der Waals surface area (Å²) in [7, 11) is -2.54. The predicted molar refractivity (Wildman–Crippen MR) is 163 cm³/mol. The molecular weight excluding hydrogens is 480 g/mol. The highest BCUT2D eigenvalue weighted by atomic mass is 28.4. The van der Waals surface area contributed by atoms with E-state index < -0.39 is 8.32 Å². The van der Waals surface area contributed by atoms with Crippen LogP contribution in [0.4, 0.5) is 0 Å². The lowest BCUT2D eigenvalue weighted by molar-refractivity contribution is -0.00949. The predicted octanol–water partition coefficient (Wildman–Crippen LogP) is 8.00. The topological polar surface area (TPSA) is 18.5 Å². The van der Waals surface area contributed by atoms with Gasteiger partial charge in [-0.3, -0.25) is 0 Å². The maximum atomic E-state index is 7.59. The summed E-state index contributed by atoms with van der Waals surface area (Å²) in [6.45, 7) is 16.0. The van der Waals surface area contributed by atoms with E-state index >= 15 is 0 Å². The molecule has 0 heterocycles. The van der Waals surface area contributed by atoms with Crippen LogP contribution in [-0.4, -0.2) is 21.0 Å². The van der Waals surface area contributed by atoms with Gasteiger partial charge in [-0.15, -0.1) is 0 Å². The van der Waals surface area contributed by atoms with Gasteiger partial charge in [-0.1, -0.05) is 139 Å². The minimum Gasteiger partial charge on any atom is -0.404 e. The molecule has 0 bridgehead atoms. The highest BCUT2D eigenvalue weighted by Crippen LogP contribution is 2.48. The van der Waals surface area contributed by atoms with E-state index in [-0.39, 0.29) is 16.6 Å². The van der Waals surface area contributed by atoms with E-state index in [1.807, 2.05) is 0 Å². The molecule has 3 heteroatoms. The zero-order chi connectivity index (χ0) is 27.2. The molecule has 0 spiro atoms. The zero-order valence-corrected chi connectivity index (χ0v) is 25.5. The molecule has 0 saturated heterocycles. The quantitative estimate of drug-likeness (QED) is 0.248. The SMILES string of the molecule is C[C@H](COCc1ccccc1)[C@@H](C)[C@@]1(C)CCC[C@H](O[Si](c2ccccc2)(c2ccccc2)C(C)(C)C)C1. The molecule has 0 unspecified atom stereocenters. The standard InChI is InChI=1S/C35H48O2Si/c1-28(26-36-27-30-17-10-7-11-18-30)29(2)35(6)24-16-19-31(25-35)37-38(34(3,4)5,32-20-12-8-13-21-32)33-22-14-9-15-23-33/h7-15,17-18,20-23,28-29,31H,16,19,24-27H2,1-6H3/t28-,29-,31+,35+/m1/s1. The van der Waals surface area contributed by atoms with Crippen molar-refractivity contribution >= 4 is 18.7 Å². The molecule has 1 aliphatic carbocycles. The van der Waals surface area contributed by atoms with Crippen LogP contribution >= 0.6 is 0 Å². The number of hydrogen-bond donors (Lipinski definition) is 0. The summed E-state index contributed by atoms with van der Waals surface area (Å²) >= 11 is 0. The van der Waals surface area contributed by atoms with Crippen molar-refractivity contribution in [2.75, 3.05) is 6.61 Å². The zero-order valence-electron chi connectivity index (χ0n) is 24.5. The molecule has 4 atom stereocenters. The van der Waals surface area contributed by atoms with E-state index in [0.29, 0.717) is 18.4 Å². The lowest BCUT2D eigenvalue weighted by atomic mass is 9.63. The lowest BCUT2D eigenvalue weighted by Gasteiger charge is -2.50. The Morgan fingerprint density at radius 2 is 1.37 bits per heavy atom. The molecule has 0 N–H and O–H groups in total. The van der Waals surface area contributed by atoms with Crippen LogP contribution in [0.25, 0.3) is 0 Å². The normalized spacial score (nSPS) is 22.1. The summed E-state index contributed by atoms with van der Waals surface area (Å²) < 4.78 is 13.8. The monoisotopic (exact) mass is 528 g/mol. The van der Waals surface area contributed by atoms with Crippen LogP contribution in [0.5, 0.6) is 0 Å². The Bertz CT molecular complexity index is 1070. The summed E-state index contributed by atoms with van der Waals surface area (Å²) in [5.74, 6) is 1.05. The molecule has 0 amide bonds. The minimum atomic E-state index is -2.54. The molecule has 1 saturated carbocycles. The molecule has 38 heavy (non-hydrogen) atoms. The molecule has 4 rings (SSSR count). The third-order valence-corrected chi connectivity index (χ3v) is 14.3. The first-order valence-corrected chi connectivity index (χ1v) is 16.5. The highest BCUT2D eigenvalue weighted by molar-refractivity contribution is 6.99. The van der Waals surface area contributed by atoms with E-state index in [1.165, 1.54) is 28.8 Å². The number of ether oxygens (including phenoxy) is 1. The summed E-state index contributed by atoms with van der Waals surface area (Å²) in [4.78, 5) is 0. The first kappa shape index (κ1) is 28.8. The van der Waals surface area contributed by atoms with Crippen molar-refractivity contribution < 1.29 is 9.16 Å². The van der Waals surface area contributed by atoms with Crippen LogP contribution in [-0.2, 0) is 15.8 Å². The second kappa shape index (κ2) is 12.3. The van der Waals surface area contributed by atoms with Crippen LogP contribution < -0.4 is 10.4 Å². The van der Waals surface area contributed by atoms with Crippen LogP contribution in [0.15, 0.2) is 91.0 Å². The van der Waals surface area contributed by atoms with Gasteiger partial charge >= 0.3 is 0 Å². The van der Waals surface area contributed by atoms with Gasteiger partial charge in [-0.25, -0.2) is 0 Å². The molecule has 204 valence electrons. The summed E-state index contributed by atoms with van der Waals surface area (Å²) in [5, 5.41) is 2.76. The summed E-state index contributed by atoms with van der Waals surface area (Å²) in [6.07, 6.45) is 5.01. The lowest BCUT2D eigenvalue weighted by Crippen LogP contribution is -2.68. The van der Waals surface area contributed by atoms with Crippen LogP contribution in [0.1, 0.15) is 72.8 Å². The van der Waals surface area contributed by atoms with E-state index in [9.17, 15) is 0 Å². The maximum Gasteiger partial charge on any atom is 0.261 e. The molecule has 0 radical (unpaired) electrons. The van der Waals surface area contributed by atoms with Gasteiger partial charge in [0.05, 0.1) is 6.61 Å². The minimum absolute atomic E-state index is 0.00768. The van der Waals surface area contributed by atoms with Gasteiger partial charge < -0.3 is 9.16 Å². The van der Waals surface area contributed by atoms with Crippen molar-refractivity contribution in [3.63, 3.8) is 0 Å². The number of rotatable bonds is 10. The van der Waals surface area contributed by atoms with E-state index in [0.717, 1.165) is 19.4 Å². The fourth-order valence-corrected chi connectivity index (χ4v) is 11.4. The van der Waals surface area contributed by atoms with Crippen molar-refractivity contribution in [1.82, 2.24) is 0 Å². The van der Waals surface area contributed by atoms with Crippen LogP contribution in [0.2, 0.25) is 5.04 Å². The second-order valence-corrected chi connectivity index (χ2v) is 17.2. The van der Waals surface area contributed by atoms with Crippen molar-refractivity contribution in [2.24, 2.45) is 17.3 Å². The Hall–Kier alpha value is -2.20. The van der Waals surface area contributed by atoms with Gasteiger partial charge in [0.25, 0.3) is 8.32 Å². The van der Waals surface area contributed by atoms with Crippen molar-refractivity contribution in [1.29, 1.82) is 0 Å². The van der Waals surface area contributed by atoms with Crippen molar-refractivity contribution in [2.45, 2.75) is 85.0 Å². The average Bonchev–Trinajstić information content (AvgIpc) is 2.92. The number of hydrogen-bond acceptors (Lipinski definition) is 2.